The molecule has 324 valence electrons. The molecule has 3 fully saturated rings. The summed E-state index contributed by atoms with van der Waals surface area (Å²) < 4.78 is 46.1. The second kappa shape index (κ2) is 21.1. The summed E-state index contributed by atoms with van der Waals surface area (Å²) in [4.78, 5) is 57.7. The molecule has 3 heterocycles. The van der Waals surface area contributed by atoms with Gasteiger partial charge in [-0.15, -0.1) is 0 Å². The first-order valence-corrected chi connectivity index (χ1v) is 21.3. The highest BCUT2D eigenvalue weighted by Crippen LogP contribution is 2.39. The van der Waals surface area contributed by atoms with Crippen molar-refractivity contribution in [2.45, 2.75) is 167 Å². The Morgan fingerprint density at radius 3 is 2.26 bits per heavy atom. The van der Waals surface area contributed by atoms with Crippen molar-refractivity contribution in [2.24, 2.45) is 29.6 Å². The molecule has 14 unspecified atom stereocenters. The zero-order valence-electron chi connectivity index (χ0n) is 36.1. The number of rotatable bonds is 7. The van der Waals surface area contributed by atoms with E-state index in [1.54, 1.807) is 34.0 Å². The Labute approximate surface area is 340 Å². The molecule has 2 bridgehead atoms. The van der Waals surface area contributed by atoms with Gasteiger partial charge in [-0.05, 0) is 114 Å². The van der Waals surface area contributed by atoms with Crippen molar-refractivity contribution in [1.82, 2.24) is 10.2 Å². The third-order valence-electron chi connectivity index (χ3n) is 13.4. The van der Waals surface area contributed by atoms with Gasteiger partial charge in [-0.2, -0.15) is 0 Å². The Morgan fingerprint density at radius 2 is 1.63 bits per heavy atom. The van der Waals surface area contributed by atoms with Gasteiger partial charge in [0.1, 0.15) is 30.2 Å². The number of carbonyl (C=O) groups is 4. The number of cyclic esters (lactones) is 1. The van der Waals surface area contributed by atoms with E-state index < -0.39 is 77.8 Å². The van der Waals surface area contributed by atoms with Crippen molar-refractivity contribution in [2.75, 3.05) is 34.9 Å². The zero-order valence-corrected chi connectivity index (χ0v) is 36.1. The van der Waals surface area contributed by atoms with Crippen LogP contribution in [0.15, 0.2) is 23.3 Å². The minimum atomic E-state index is -2.55. The number of hydrogen-bond acceptors (Lipinski definition) is 11. The van der Waals surface area contributed by atoms with E-state index in [0.717, 1.165) is 24.8 Å². The van der Waals surface area contributed by atoms with E-state index in [1.807, 2.05) is 27.8 Å². The predicted octanol–water partition coefficient (Wildman–Crippen LogP) is 5.68. The molecule has 57 heavy (non-hydrogen) atoms. The first kappa shape index (κ1) is 47.1. The first-order chi connectivity index (χ1) is 27.0. The van der Waals surface area contributed by atoms with Gasteiger partial charge >= 0.3 is 5.97 Å². The Bertz CT molecular complexity index is 1460. The van der Waals surface area contributed by atoms with Crippen LogP contribution in [-0.4, -0.2) is 123 Å². The Kier molecular flexibility index (Phi) is 17.5. The SMILES string of the molecule is CCC1C=C(C)C(F)C(C)CC(OC)C2OC(O)(C(=O)C(=O)N3CCCCC3C(=O)OC(C(C)=CC3CCC(NC)C(OC)C3)C(C)CCC1=O)C(C)CC2OC. The van der Waals surface area contributed by atoms with Crippen molar-refractivity contribution >= 4 is 23.4 Å². The topological polar surface area (TPSA) is 150 Å². The molecule has 1 amide bonds. The maximum absolute atomic E-state index is 16.2. The van der Waals surface area contributed by atoms with Crippen LogP contribution in [0, 0.1) is 29.6 Å². The maximum Gasteiger partial charge on any atom is 0.329 e. The van der Waals surface area contributed by atoms with Crippen LogP contribution >= 0.6 is 0 Å². The lowest BCUT2D eigenvalue weighted by Crippen LogP contribution is -2.64. The molecule has 0 radical (unpaired) electrons. The van der Waals surface area contributed by atoms with E-state index in [2.05, 4.69) is 11.4 Å². The second-order valence-corrected chi connectivity index (χ2v) is 17.3. The number of carbonyl (C=O) groups excluding carboxylic acids is 4. The van der Waals surface area contributed by atoms with Gasteiger partial charge in [-0.25, -0.2) is 9.18 Å². The van der Waals surface area contributed by atoms with Crippen LogP contribution in [0.5, 0.6) is 0 Å². The van der Waals surface area contributed by atoms with E-state index in [9.17, 15) is 24.3 Å². The number of piperidine rings is 1. The average molecular weight is 807 g/mol. The van der Waals surface area contributed by atoms with Gasteiger partial charge in [0.25, 0.3) is 11.7 Å². The highest BCUT2D eigenvalue weighted by atomic mass is 19.1. The molecule has 12 nitrogen and oxygen atoms in total. The third kappa shape index (κ3) is 11.0. The van der Waals surface area contributed by atoms with Crippen LogP contribution in [0.1, 0.15) is 112 Å². The smallest absolute Gasteiger partial charge is 0.329 e. The number of alkyl halides is 1. The number of halogens is 1. The molecule has 14 atom stereocenters. The summed E-state index contributed by atoms with van der Waals surface area (Å²) in [6.07, 6.45) is 4.82. The van der Waals surface area contributed by atoms with Crippen LogP contribution in [0.3, 0.4) is 0 Å². The molecule has 13 heteroatoms. The fourth-order valence-corrected chi connectivity index (χ4v) is 9.65. The predicted molar refractivity (Wildman–Crippen MR) is 214 cm³/mol. The van der Waals surface area contributed by atoms with Crippen molar-refractivity contribution in [1.29, 1.82) is 0 Å². The average Bonchev–Trinajstić information content (AvgIpc) is 3.21. The number of Topliss-reactive ketones (excluding diaryl/α,β-unsaturated/α-hetero) is 2. The van der Waals surface area contributed by atoms with E-state index in [4.69, 9.17) is 23.7 Å². The minimum absolute atomic E-state index is 0.0150. The monoisotopic (exact) mass is 807 g/mol. The number of esters is 1. The molecule has 2 N–H and O–H groups in total. The summed E-state index contributed by atoms with van der Waals surface area (Å²) in [6, 6.07) is -0.822. The van der Waals surface area contributed by atoms with Crippen molar-refractivity contribution < 1.29 is 52.4 Å². The van der Waals surface area contributed by atoms with Crippen molar-refractivity contribution in [3.8, 4) is 0 Å². The van der Waals surface area contributed by atoms with Gasteiger partial charge in [-0.1, -0.05) is 39.8 Å². The summed E-state index contributed by atoms with van der Waals surface area (Å²) in [7, 11) is 6.58. The first-order valence-electron chi connectivity index (χ1n) is 21.3. The molecule has 1 aliphatic carbocycles. The Balaban J connectivity index is 1.75. The van der Waals surface area contributed by atoms with Crippen LogP contribution in [0.4, 0.5) is 4.39 Å². The van der Waals surface area contributed by atoms with E-state index in [-0.39, 0.29) is 62.0 Å². The number of hydrogen-bond donors (Lipinski definition) is 2. The summed E-state index contributed by atoms with van der Waals surface area (Å²) in [5.74, 6) is -7.47. The maximum atomic E-state index is 16.2. The van der Waals surface area contributed by atoms with Gasteiger partial charge < -0.3 is 39.0 Å². The van der Waals surface area contributed by atoms with Crippen LogP contribution in [0.25, 0.3) is 0 Å². The Morgan fingerprint density at radius 1 is 0.965 bits per heavy atom. The molecule has 0 aromatic heterocycles. The number of nitrogens with zero attached hydrogens (tertiary/aromatic N) is 1. The summed E-state index contributed by atoms with van der Waals surface area (Å²) >= 11 is 0. The number of allylic oxidation sites excluding steroid dienone is 3. The van der Waals surface area contributed by atoms with Crippen LogP contribution in [0.2, 0.25) is 0 Å². The van der Waals surface area contributed by atoms with E-state index in [0.29, 0.717) is 31.3 Å². The molecule has 2 saturated heterocycles. The molecular formula is C44H71FN2O10. The van der Waals surface area contributed by atoms with Crippen LogP contribution in [-0.2, 0) is 42.9 Å². The fourth-order valence-electron chi connectivity index (χ4n) is 9.65. The van der Waals surface area contributed by atoms with E-state index >= 15 is 4.39 Å². The largest absolute Gasteiger partial charge is 0.456 e. The molecular weight excluding hydrogens is 735 g/mol. The molecule has 0 spiro atoms. The molecule has 3 aliphatic heterocycles. The Hall–Kier alpha value is -2.55. The normalized spacial score (nSPS) is 40.1. The number of amides is 1. The van der Waals surface area contributed by atoms with Crippen LogP contribution < -0.4 is 5.32 Å². The summed E-state index contributed by atoms with van der Waals surface area (Å²) in [5, 5.41) is 15.4. The number of methoxy groups -OCH3 is 3. The van der Waals surface area contributed by atoms with Crippen molar-refractivity contribution in [3.05, 3.63) is 23.3 Å². The third-order valence-corrected chi connectivity index (χ3v) is 13.4. The summed E-state index contributed by atoms with van der Waals surface area (Å²) in [6.45, 7) is 11.0. The number of nitrogens with one attached hydrogen (secondary N) is 1. The van der Waals surface area contributed by atoms with Gasteiger partial charge in [0, 0.05) is 52.2 Å². The van der Waals surface area contributed by atoms with Gasteiger partial charge in [0.05, 0.1) is 18.3 Å². The highest BCUT2D eigenvalue weighted by Gasteiger charge is 2.56. The standard InChI is InChI=1S/C44H71FN2O10/c1-11-31-21-26(3)38(45)27(4)22-36(54-9)40-37(55-10)23-29(6)44(52,57-40)41(49)42(50)47-19-13-12-14-33(47)43(51)56-39(25(2)15-18-34(31)48)28(5)20-30-16-17-32(46-7)35(24-30)53-8/h20-21,25,27,29-33,35-40,46,52H,11-19,22-24H2,1-10H3. The highest BCUT2D eigenvalue weighted by molar-refractivity contribution is 6.39. The molecule has 4 aliphatic rings. The summed E-state index contributed by atoms with van der Waals surface area (Å²) in [5.41, 5.74) is 1.27. The number of fused-ring (bicyclic) bond motifs is 3. The quantitative estimate of drug-likeness (QED) is 0.186. The number of aliphatic hydroxyl groups is 1. The lowest BCUT2D eigenvalue weighted by atomic mass is 9.81. The number of ketones is 2. The van der Waals surface area contributed by atoms with Gasteiger partial charge in [0.15, 0.2) is 0 Å². The lowest BCUT2D eigenvalue weighted by Gasteiger charge is -2.47. The van der Waals surface area contributed by atoms with Crippen molar-refractivity contribution in [3.63, 3.8) is 0 Å². The lowest BCUT2D eigenvalue weighted by molar-refractivity contribution is -0.302. The fraction of sp³-hybridized carbons (Fsp3) is 0.818. The molecule has 4 rings (SSSR count). The molecule has 0 aromatic carbocycles. The second-order valence-electron chi connectivity index (χ2n) is 17.3. The molecule has 0 aromatic rings. The molecule has 1 saturated carbocycles. The number of ether oxygens (including phenoxy) is 5. The van der Waals surface area contributed by atoms with Gasteiger partial charge in [0.2, 0.25) is 5.79 Å². The van der Waals surface area contributed by atoms with Gasteiger partial charge in [-0.3, -0.25) is 14.4 Å². The van der Waals surface area contributed by atoms with E-state index in [1.165, 1.54) is 19.1 Å². The number of likely N-dealkylation sites (N-methyl/N-ethyl adjacent to an activating group) is 1. The minimum Gasteiger partial charge on any atom is -0.456 e. The zero-order chi connectivity index (χ0) is 42.2.